The summed E-state index contributed by atoms with van der Waals surface area (Å²) >= 11 is 0. The Hall–Kier alpha value is -2.40. The molecule has 1 aliphatic rings. The molecule has 23 heavy (non-hydrogen) atoms. The van der Waals surface area contributed by atoms with Crippen LogP contribution >= 0.6 is 0 Å². The van der Waals surface area contributed by atoms with Gasteiger partial charge in [0.25, 0.3) is 0 Å². The van der Waals surface area contributed by atoms with Crippen molar-refractivity contribution in [3.05, 3.63) is 54.5 Å². The number of nitrogens with zero attached hydrogens (tertiary/aromatic N) is 3. The Bertz CT molecular complexity index is 759. The second-order valence-corrected chi connectivity index (χ2v) is 6.13. The Balaban J connectivity index is 1.32. The van der Waals surface area contributed by atoms with Crippen molar-refractivity contribution in [2.75, 3.05) is 18.4 Å². The van der Waals surface area contributed by atoms with E-state index >= 15 is 0 Å². The van der Waals surface area contributed by atoms with Crippen molar-refractivity contribution in [3.63, 3.8) is 0 Å². The van der Waals surface area contributed by atoms with Crippen molar-refractivity contribution in [2.45, 2.75) is 25.4 Å². The summed E-state index contributed by atoms with van der Waals surface area (Å²) in [5.74, 6) is 0.961. The van der Waals surface area contributed by atoms with Crippen LogP contribution in [0.5, 0.6) is 0 Å². The molecule has 0 unspecified atom stereocenters. The molecule has 0 spiro atoms. The van der Waals surface area contributed by atoms with Crippen molar-refractivity contribution in [3.8, 4) is 0 Å². The van der Waals surface area contributed by atoms with E-state index in [1.54, 1.807) is 0 Å². The van der Waals surface area contributed by atoms with Gasteiger partial charge < -0.3 is 10.3 Å². The highest BCUT2D eigenvalue weighted by atomic mass is 15.2. The van der Waals surface area contributed by atoms with E-state index in [0.717, 1.165) is 55.0 Å². The molecule has 3 aromatic heterocycles. The van der Waals surface area contributed by atoms with E-state index < -0.39 is 0 Å². The third kappa shape index (κ3) is 3.35. The van der Waals surface area contributed by atoms with Gasteiger partial charge in [-0.05, 0) is 43.2 Å². The number of rotatable bonds is 4. The Morgan fingerprint density at radius 2 is 2.04 bits per heavy atom. The van der Waals surface area contributed by atoms with Crippen molar-refractivity contribution in [2.24, 2.45) is 0 Å². The first kappa shape index (κ1) is 14.2. The molecule has 118 valence electrons. The monoisotopic (exact) mass is 307 g/mol. The number of likely N-dealkylation sites (tertiary alicyclic amines) is 1. The zero-order chi connectivity index (χ0) is 15.5. The minimum atomic E-state index is 0.495. The highest BCUT2D eigenvalue weighted by molar-refractivity contribution is 5.77. The van der Waals surface area contributed by atoms with E-state index in [2.05, 4.69) is 49.4 Å². The lowest BCUT2D eigenvalue weighted by atomic mass is 10.0. The van der Waals surface area contributed by atoms with Crippen LogP contribution < -0.4 is 5.32 Å². The zero-order valence-electron chi connectivity index (χ0n) is 13.1. The van der Waals surface area contributed by atoms with Crippen LogP contribution in [0.15, 0.2) is 48.8 Å². The lowest BCUT2D eigenvalue weighted by Crippen LogP contribution is -2.38. The number of nitrogens with one attached hydrogen (secondary N) is 2. The van der Waals surface area contributed by atoms with Gasteiger partial charge in [0.05, 0.1) is 5.69 Å². The van der Waals surface area contributed by atoms with Gasteiger partial charge in [-0.25, -0.2) is 4.98 Å². The van der Waals surface area contributed by atoms with Crippen LogP contribution in [-0.4, -0.2) is 39.0 Å². The number of aromatic amines is 1. The highest BCUT2D eigenvalue weighted by Gasteiger charge is 2.19. The fraction of sp³-hybridized carbons (Fsp3) is 0.333. The molecule has 0 saturated carbocycles. The predicted molar refractivity (Wildman–Crippen MR) is 92.3 cm³/mol. The SMILES string of the molecule is c1ccc(CN2CCC(Nc3ccc4cc[nH]c4n3)CC2)nc1. The number of aromatic nitrogens is 3. The van der Waals surface area contributed by atoms with Gasteiger partial charge >= 0.3 is 0 Å². The molecule has 0 aliphatic carbocycles. The molecule has 1 fully saturated rings. The molecular formula is C18H21N5. The van der Waals surface area contributed by atoms with Gasteiger partial charge in [-0.3, -0.25) is 9.88 Å². The molecule has 3 aromatic rings. The number of hydrogen-bond donors (Lipinski definition) is 2. The second kappa shape index (κ2) is 6.38. The fourth-order valence-corrected chi connectivity index (χ4v) is 3.18. The maximum atomic E-state index is 4.63. The molecule has 1 saturated heterocycles. The summed E-state index contributed by atoms with van der Waals surface area (Å²) in [6, 6.07) is 12.8. The summed E-state index contributed by atoms with van der Waals surface area (Å²) in [4.78, 5) is 14.7. The minimum absolute atomic E-state index is 0.495. The molecule has 0 amide bonds. The Morgan fingerprint density at radius 1 is 1.13 bits per heavy atom. The average molecular weight is 307 g/mol. The van der Waals surface area contributed by atoms with Gasteiger partial charge in [0.2, 0.25) is 0 Å². The number of hydrogen-bond acceptors (Lipinski definition) is 4. The van der Waals surface area contributed by atoms with Crippen LogP contribution in [0.2, 0.25) is 0 Å². The molecule has 5 nitrogen and oxygen atoms in total. The normalized spacial score (nSPS) is 16.7. The first-order valence-corrected chi connectivity index (χ1v) is 8.20. The standard InChI is InChI=1S/C18H21N5/c1-2-9-19-16(3-1)13-23-11-7-15(8-12-23)21-17-5-4-14-6-10-20-18(14)22-17/h1-6,9-10,15H,7-8,11-13H2,(H2,20,21,22). The van der Waals surface area contributed by atoms with Gasteiger partial charge in [-0.2, -0.15) is 0 Å². The molecular weight excluding hydrogens is 286 g/mol. The lowest BCUT2D eigenvalue weighted by molar-refractivity contribution is 0.209. The van der Waals surface area contributed by atoms with E-state index in [1.165, 1.54) is 0 Å². The fourth-order valence-electron chi connectivity index (χ4n) is 3.18. The average Bonchev–Trinajstić information content (AvgIpc) is 3.05. The van der Waals surface area contributed by atoms with Crippen molar-refractivity contribution < 1.29 is 0 Å². The largest absolute Gasteiger partial charge is 0.367 e. The lowest BCUT2D eigenvalue weighted by Gasteiger charge is -2.32. The molecule has 2 N–H and O–H groups in total. The van der Waals surface area contributed by atoms with E-state index in [4.69, 9.17) is 0 Å². The molecule has 1 aliphatic heterocycles. The summed E-state index contributed by atoms with van der Waals surface area (Å²) in [5, 5.41) is 4.73. The number of pyridine rings is 2. The van der Waals surface area contributed by atoms with Crippen molar-refractivity contribution in [1.82, 2.24) is 19.9 Å². The van der Waals surface area contributed by atoms with Gasteiger partial charge in [-0.1, -0.05) is 6.07 Å². The number of H-pyrrole nitrogens is 1. The Kier molecular flexibility index (Phi) is 3.94. The quantitative estimate of drug-likeness (QED) is 0.778. The third-order valence-electron chi connectivity index (χ3n) is 4.46. The smallest absolute Gasteiger partial charge is 0.139 e. The molecule has 0 radical (unpaired) electrons. The highest BCUT2D eigenvalue weighted by Crippen LogP contribution is 2.19. The number of anilines is 1. The molecule has 0 bridgehead atoms. The zero-order valence-corrected chi connectivity index (χ0v) is 13.1. The summed E-state index contributed by atoms with van der Waals surface area (Å²) < 4.78 is 0. The van der Waals surface area contributed by atoms with Crippen LogP contribution in [0.25, 0.3) is 11.0 Å². The first-order chi connectivity index (χ1) is 11.4. The first-order valence-electron chi connectivity index (χ1n) is 8.20. The molecule has 4 heterocycles. The van der Waals surface area contributed by atoms with Crippen molar-refractivity contribution >= 4 is 16.9 Å². The molecule has 0 aromatic carbocycles. The Labute approximate surface area is 135 Å². The Morgan fingerprint density at radius 3 is 2.87 bits per heavy atom. The van der Waals surface area contributed by atoms with Crippen LogP contribution in [0.1, 0.15) is 18.5 Å². The number of fused-ring (bicyclic) bond motifs is 1. The van der Waals surface area contributed by atoms with E-state index in [-0.39, 0.29) is 0 Å². The summed E-state index contributed by atoms with van der Waals surface area (Å²) in [6.45, 7) is 3.14. The predicted octanol–water partition coefficient (Wildman–Crippen LogP) is 3.03. The molecule has 4 rings (SSSR count). The van der Waals surface area contributed by atoms with E-state index in [0.29, 0.717) is 6.04 Å². The summed E-state index contributed by atoms with van der Waals surface area (Å²) in [5.41, 5.74) is 2.10. The third-order valence-corrected chi connectivity index (χ3v) is 4.46. The van der Waals surface area contributed by atoms with Gasteiger partial charge in [0.1, 0.15) is 11.5 Å². The maximum Gasteiger partial charge on any atom is 0.139 e. The number of piperidine rings is 1. The van der Waals surface area contributed by atoms with Crippen molar-refractivity contribution in [1.29, 1.82) is 0 Å². The topological polar surface area (TPSA) is 56.8 Å². The van der Waals surface area contributed by atoms with Crippen LogP contribution in [-0.2, 0) is 6.54 Å². The van der Waals surface area contributed by atoms with Gasteiger partial charge in [0, 0.05) is 43.5 Å². The van der Waals surface area contributed by atoms with Crippen LogP contribution in [0.4, 0.5) is 5.82 Å². The minimum Gasteiger partial charge on any atom is -0.367 e. The van der Waals surface area contributed by atoms with Crippen LogP contribution in [0, 0.1) is 0 Å². The van der Waals surface area contributed by atoms with E-state index in [1.807, 2.05) is 24.5 Å². The van der Waals surface area contributed by atoms with Gasteiger partial charge in [-0.15, -0.1) is 0 Å². The van der Waals surface area contributed by atoms with Gasteiger partial charge in [0.15, 0.2) is 0 Å². The molecule has 5 heteroatoms. The summed E-state index contributed by atoms with van der Waals surface area (Å²) in [6.07, 6.45) is 6.07. The van der Waals surface area contributed by atoms with E-state index in [9.17, 15) is 0 Å². The molecule has 0 atom stereocenters. The van der Waals surface area contributed by atoms with Crippen LogP contribution in [0.3, 0.4) is 0 Å². The maximum absolute atomic E-state index is 4.63. The second-order valence-electron chi connectivity index (χ2n) is 6.13. The summed E-state index contributed by atoms with van der Waals surface area (Å²) in [7, 11) is 0.